The molecule has 0 saturated carbocycles. The van der Waals surface area contributed by atoms with Crippen molar-refractivity contribution in [3.8, 4) is 16.9 Å². The molecule has 0 aliphatic heterocycles. The molecule has 0 amide bonds. The van der Waals surface area contributed by atoms with Gasteiger partial charge in [-0.25, -0.2) is 4.98 Å². The fraction of sp³-hybridized carbons (Fsp3) is 0.333. The van der Waals surface area contributed by atoms with E-state index in [1.165, 1.54) is 0 Å². The van der Waals surface area contributed by atoms with E-state index in [9.17, 15) is 0 Å². The molecule has 0 unspecified atom stereocenters. The molecule has 5 nitrogen and oxygen atoms in total. The second-order valence-electron chi connectivity index (χ2n) is 4.62. The number of nitrogen functional groups attached to an aromatic ring is 2. The first-order chi connectivity index (χ1) is 9.65. The Balaban J connectivity index is 2.46. The van der Waals surface area contributed by atoms with Crippen molar-refractivity contribution in [1.82, 2.24) is 9.97 Å². The van der Waals surface area contributed by atoms with Crippen LogP contribution in [0.25, 0.3) is 11.1 Å². The van der Waals surface area contributed by atoms with E-state index in [2.05, 4.69) is 16.9 Å². The first kappa shape index (κ1) is 14.1. The molecule has 0 radical (unpaired) electrons. The maximum Gasteiger partial charge on any atom is 0.222 e. The molecule has 2 aromatic rings. The molecule has 2 rings (SSSR count). The van der Waals surface area contributed by atoms with Gasteiger partial charge in [0.15, 0.2) is 0 Å². The van der Waals surface area contributed by atoms with Crippen molar-refractivity contribution in [3.05, 3.63) is 30.0 Å². The lowest BCUT2D eigenvalue weighted by atomic mass is 10.0. The van der Waals surface area contributed by atoms with Crippen LogP contribution in [0.15, 0.2) is 24.3 Å². The van der Waals surface area contributed by atoms with E-state index in [0.29, 0.717) is 5.82 Å². The summed E-state index contributed by atoms with van der Waals surface area (Å²) < 4.78 is 5.17. The zero-order chi connectivity index (χ0) is 14.5. The van der Waals surface area contributed by atoms with Crippen molar-refractivity contribution < 1.29 is 4.74 Å². The third-order valence-corrected chi connectivity index (χ3v) is 3.18. The van der Waals surface area contributed by atoms with E-state index in [1.54, 1.807) is 7.11 Å². The first-order valence-electron chi connectivity index (χ1n) is 6.72. The van der Waals surface area contributed by atoms with Crippen molar-refractivity contribution >= 4 is 11.8 Å². The molecule has 0 bridgehead atoms. The lowest BCUT2D eigenvalue weighted by molar-refractivity contribution is 0.415. The summed E-state index contributed by atoms with van der Waals surface area (Å²) in [6.07, 6.45) is 2.97. The molecular weight excluding hydrogens is 252 g/mol. The van der Waals surface area contributed by atoms with Gasteiger partial charge in [-0.05, 0) is 30.5 Å². The molecule has 0 saturated heterocycles. The van der Waals surface area contributed by atoms with Gasteiger partial charge in [-0.15, -0.1) is 0 Å². The number of rotatable bonds is 5. The van der Waals surface area contributed by atoms with Crippen LogP contribution in [-0.4, -0.2) is 17.1 Å². The topological polar surface area (TPSA) is 87.0 Å². The average Bonchev–Trinajstić information content (AvgIpc) is 2.45. The highest BCUT2D eigenvalue weighted by molar-refractivity contribution is 5.77. The number of aryl methyl sites for hydroxylation is 1. The quantitative estimate of drug-likeness (QED) is 0.873. The normalized spacial score (nSPS) is 10.5. The molecule has 20 heavy (non-hydrogen) atoms. The molecule has 0 atom stereocenters. The van der Waals surface area contributed by atoms with Crippen molar-refractivity contribution in [2.24, 2.45) is 0 Å². The van der Waals surface area contributed by atoms with Gasteiger partial charge in [-0.2, -0.15) is 4.98 Å². The van der Waals surface area contributed by atoms with Crippen LogP contribution in [0.3, 0.4) is 0 Å². The van der Waals surface area contributed by atoms with E-state index in [4.69, 9.17) is 16.2 Å². The SMILES string of the molecule is CCCCc1nc(N)nc(N)c1-c1ccc(OC)cc1. The van der Waals surface area contributed by atoms with Crippen LogP contribution in [0.2, 0.25) is 0 Å². The van der Waals surface area contributed by atoms with E-state index >= 15 is 0 Å². The van der Waals surface area contributed by atoms with Crippen molar-refractivity contribution in [3.63, 3.8) is 0 Å². The summed E-state index contributed by atoms with van der Waals surface area (Å²) in [5.74, 6) is 1.46. The molecule has 0 aliphatic rings. The molecule has 1 aromatic heterocycles. The number of hydrogen-bond acceptors (Lipinski definition) is 5. The number of ether oxygens (including phenoxy) is 1. The number of hydrogen-bond donors (Lipinski definition) is 2. The molecule has 106 valence electrons. The second-order valence-corrected chi connectivity index (χ2v) is 4.62. The lowest BCUT2D eigenvalue weighted by Gasteiger charge is -2.12. The van der Waals surface area contributed by atoms with Crippen LogP contribution in [0.4, 0.5) is 11.8 Å². The van der Waals surface area contributed by atoms with Gasteiger partial charge in [0.25, 0.3) is 0 Å². The zero-order valence-corrected chi connectivity index (χ0v) is 11.9. The number of methoxy groups -OCH3 is 1. The summed E-state index contributed by atoms with van der Waals surface area (Å²) in [7, 11) is 1.64. The van der Waals surface area contributed by atoms with Crippen LogP contribution in [-0.2, 0) is 6.42 Å². The summed E-state index contributed by atoms with van der Waals surface area (Å²) in [5.41, 5.74) is 14.5. The predicted octanol–water partition coefficient (Wildman–Crippen LogP) is 2.66. The third kappa shape index (κ3) is 2.99. The largest absolute Gasteiger partial charge is 0.497 e. The minimum Gasteiger partial charge on any atom is -0.497 e. The van der Waals surface area contributed by atoms with Gasteiger partial charge in [0.2, 0.25) is 5.95 Å². The maximum atomic E-state index is 6.03. The number of anilines is 2. The molecule has 5 heteroatoms. The molecule has 0 fully saturated rings. The van der Waals surface area contributed by atoms with Gasteiger partial charge in [0.05, 0.1) is 12.8 Å². The van der Waals surface area contributed by atoms with Crippen molar-refractivity contribution in [1.29, 1.82) is 0 Å². The van der Waals surface area contributed by atoms with Gasteiger partial charge in [-0.1, -0.05) is 25.5 Å². The highest BCUT2D eigenvalue weighted by Crippen LogP contribution is 2.30. The third-order valence-electron chi connectivity index (χ3n) is 3.18. The monoisotopic (exact) mass is 272 g/mol. The van der Waals surface area contributed by atoms with Gasteiger partial charge in [0.1, 0.15) is 11.6 Å². The number of nitrogens with zero attached hydrogens (tertiary/aromatic N) is 2. The van der Waals surface area contributed by atoms with Crippen molar-refractivity contribution in [2.75, 3.05) is 18.6 Å². The molecule has 4 N–H and O–H groups in total. The van der Waals surface area contributed by atoms with Gasteiger partial charge >= 0.3 is 0 Å². The van der Waals surface area contributed by atoms with Crippen LogP contribution < -0.4 is 16.2 Å². The van der Waals surface area contributed by atoms with E-state index < -0.39 is 0 Å². The summed E-state index contributed by atoms with van der Waals surface area (Å²) in [5, 5.41) is 0. The van der Waals surface area contributed by atoms with Gasteiger partial charge in [0, 0.05) is 5.56 Å². The number of aromatic nitrogens is 2. The minimum atomic E-state index is 0.228. The highest BCUT2D eigenvalue weighted by Gasteiger charge is 2.13. The number of nitrogens with two attached hydrogens (primary N) is 2. The van der Waals surface area contributed by atoms with Gasteiger partial charge < -0.3 is 16.2 Å². The van der Waals surface area contributed by atoms with E-state index in [-0.39, 0.29) is 5.95 Å². The van der Waals surface area contributed by atoms with Gasteiger partial charge in [-0.3, -0.25) is 0 Å². The Morgan fingerprint density at radius 3 is 2.40 bits per heavy atom. The Hall–Kier alpha value is -2.30. The zero-order valence-electron chi connectivity index (χ0n) is 11.9. The molecule has 1 heterocycles. The fourth-order valence-corrected chi connectivity index (χ4v) is 2.14. The average molecular weight is 272 g/mol. The standard InChI is InChI=1S/C15H20N4O/c1-3-4-5-12-13(14(16)19-15(17)18-12)10-6-8-11(20-2)9-7-10/h6-9H,3-5H2,1-2H3,(H4,16,17,18,19). The van der Waals surface area contributed by atoms with E-state index in [1.807, 2.05) is 24.3 Å². The summed E-state index contributed by atoms with van der Waals surface area (Å²) >= 11 is 0. The Kier molecular flexibility index (Phi) is 4.40. The number of unbranched alkanes of at least 4 members (excludes halogenated alkanes) is 1. The molecule has 0 aliphatic carbocycles. The second kappa shape index (κ2) is 6.23. The fourth-order valence-electron chi connectivity index (χ4n) is 2.14. The first-order valence-corrected chi connectivity index (χ1v) is 6.72. The smallest absolute Gasteiger partial charge is 0.222 e. The predicted molar refractivity (Wildman–Crippen MR) is 81.5 cm³/mol. The molecule has 1 aromatic carbocycles. The molecular formula is C15H20N4O. The Morgan fingerprint density at radius 2 is 1.80 bits per heavy atom. The summed E-state index contributed by atoms with van der Waals surface area (Å²) in [6, 6.07) is 7.71. The van der Waals surface area contributed by atoms with Crippen LogP contribution in [0.1, 0.15) is 25.5 Å². The summed E-state index contributed by atoms with van der Waals surface area (Å²) in [6.45, 7) is 2.14. The van der Waals surface area contributed by atoms with Crippen LogP contribution in [0, 0.1) is 0 Å². The lowest BCUT2D eigenvalue weighted by Crippen LogP contribution is -2.07. The minimum absolute atomic E-state index is 0.228. The Labute approximate surface area is 119 Å². The summed E-state index contributed by atoms with van der Waals surface area (Å²) in [4.78, 5) is 8.42. The highest BCUT2D eigenvalue weighted by atomic mass is 16.5. The van der Waals surface area contributed by atoms with Crippen molar-refractivity contribution in [2.45, 2.75) is 26.2 Å². The van der Waals surface area contributed by atoms with E-state index in [0.717, 1.165) is 41.8 Å². The Morgan fingerprint density at radius 1 is 1.10 bits per heavy atom. The van der Waals surface area contributed by atoms with Crippen LogP contribution >= 0.6 is 0 Å². The molecule has 0 spiro atoms. The maximum absolute atomic E-state index is 6.03. The number of benzene rings is 1. The Bertz CT molecular complexity index is 581. The van der Waals surface area contributed by atoms with Crippen LogP contribution in [0.5, 0.6) is 5.75 Å².